The summed E-state index contributed by atoms with van der Waals surface area (Å²) in [5.41, 5.74) is 0. The average Bonchev–Trinajstić information content (AvgIpc) is 2.76. The van der Waals surface area contributed by atoms with Crippen molar-refractivity contribution in [2.75, 3.05) is 11.9 Å². The molecule has 0 aliphatic carbocycles. The monoisotopic (exact) mass is 339 g/mol. The van der Waals surface area contributed by atoms with Crippen LogP contribution in [0, 0.1) is 5.92 Å². The number of halogens is 1. The number of sulfonamides is 1. The minimum Gasteiger partial charge on any atom is -0.210 e. The summed E-state index contributed by atoms with van der Waals surface area (Å²) in [6.07, 6.45) is 1.84. The second-order valence-electron chi connectivity index (χ2n) is 4.01. The normalized spacial score (nSPS) is 13.8. The van der Waals surface area contributed by atoms with E-state index < -0.39 is 10.0 Å². The predicted octanol–water partition coefficient (Wildman–Crippen LogP) is 3.01. The zero-order valence-electron chi connectivity index (χ0n) is 10.1. The maximum atomic E-state index is 12.0. The van der Waals surface area contributed by atoms with Gasteiger partial charge in [-0.05, 0) is 30.9 Å². The van der Waals surface area contributed by atoms with Crippen LogP contribution in [0.5, 0.6) is 0 Å². The molecule has 6 heteroatoms. The van der Waals surface area contributed by atoms with Crippen LogP contribution in [-0.4, -0.2) is 20.3 Å². The van der Waals surface area contributed by atoms with E-state index in [1.165, 1.54) is 11.3 Å². The standard InChI is InChI=1S/C11H18BrNO2S2/c1-3-10-4-5-11(16-10)17(14,15)13-8-9(2)6-7-12/h4-5,9,13H,3,6-8H2,1-2H3. The highest BCUT2D eigenvalue weighted by Crippen LogP contribution is 2.21. The number of hydrogen-bond donors (Lipinski definition) is 1. The molecule has 0 radical (unpaired) electrons. The number of hydrogen-bond acceptors (Lipinski definition) is 3. The van der Waals surface area contributed by atoms with Crippen molar-refractivity contribution in [3.8, 4) is 0 Å². The molecule has 0 aliphatic heterocycles. The third-order valence-corrected chi connectivity index (χ3v) is 6.08. The maximum Gasteiger partial charge on any atom is 0.250 e. The summed E-state index contributed by atoms with van der Waals surface area (Å²) in [5.74, 6) is 0.342. The molecule has 1 aromatic rings. The van der Waals surface area contributed by atoms with E-state index in [1.807, 2.05) is 19.9 Å². The van der Waals surface area contributed by atoms with E-state index in [2.05, 4.69) is 20.7 Å². The van der Waals surface area contributed by atoms with Crippen molar-refractivity contribution in [3.05, 3.63) is 17.0 Å². The molecular formula is C11H18BrNO2S2. The molecule has 1 heterocycles. The first-order valence-corrected chi connectivity index (χ1v) is 9.06. The van der Waals surface area contributed by atoms with Crippen molar-refractivity contribution in [3.63, 3.8) is 0 Å². The lowest BCUT2D eigenvalue weighted by Crippen LogP contribution is -2.28. The summed E-state index contributed by atoms with van der Waals surface area (Å²) in [6.45, 7) is 4.55. The Morgan fingerprint density at radius 1 is 1.47 bits per heavy atom. The van der Waals surface area contributed by atoms with E-state index >= 15 is 0 Å². The van der Waals surface area contributed by atoms with Crippen molar-refractivity contribution in [1.29, 1.82) is 0 Å². The number of rotatable bonds is 7. The van der Waals surface area contributed by atoms with Gasteiger partial charge in [-0.1, -0.05) is 29.8 Å². The molecule has 0 aromatic carbocycles. The van der Waals surface area contributed by atoms with Crippen LogP contribution < -0.4 is 4.72 Å². The Bertz CT molecular complexity index is 442. The Balaban J connectivity index is 2.62. The molecule has 0 aliphatic rings. The lowest BCUT2D eigenvalue weighted by Gasteiger charge is -2.10. The van der Waals surface area contributed by atoms with E-state index in [0.717, 1.165) is 23.0 Å². The number of aryl methyl sites for hydroxylation is 1. The number of nitrogens with one attached hydrogen (secondary N) is 1. The van der Waals surface area contributed by atoms with Crippen molar-refractivity contribution in [1.82, 2.24) is 4.72 Å². The van der Waals surface area contributed by atoms with E-state index in [4.69, 9.17) is 0 Å². The molecule has 1 N–H and O–H groups in total. The van der Waals surface area contributed by atoms with Crippen molar-refractivity contribution in [2.45, 2.75) is 30.9 Å². The maximum absolute atomic E-state index is 12.0. The molecule has 1 atom stereocenters. The van der Waals surface area contributed by atoms with Gasteiger partial charge in [-0.2, -0.15) is 0 Å². The lowest BCUT2D eigenvalue weighted by molar-refractivity contribution is 0.533. The SMILES string of the molecule is CCc1ccc(S(=O)(=O)NCC(C)CCBr)s1. The zero-order valence-corrected chi connectivity index (χ0v) is 13.3. The highest BCUT2D eigenvalue weighted by Gasteiger charge is 2.17. The molecule has 1 unspecified atom stereocenters. The van der Waals surface area contributed by atoms with Crippen LogP contribution in [0.15, 0.2) is 16.3 Å². The van der Waals surface area contributed by atoms with Gasteiger partial charge in [-0.15, -0.1) is 11.3 Å². The van der Waals surface area contributed by atoms with Crippen LogP contribution in [-0.2, 0) is 16.4 Å². The predicted molar refractivity (Wildman–Crippen MR) is 76.5 cm³/mol. The molecule has 0 fully saturated rings. The summed E-state index contributed by atoms with van der Waals surface area (Å²) in [7, 11) is -3.31. The van der Waals surface area contributed by atoms with Crippen molar-refractivity contribution < 1.29 is 8.42 Å². The highest BCUT2D eigenvalue weighted by atomic mass is 79.9. The Morgan fingerprint density at radius 2 is 2.18 bits per heavy atom. The first-order valence-electron chi connectivity index (χ1n) is 5.64. The lowest BCUT2D eigenvalue weighted by atomic mass is 10.1. The fourth-order valence-electron chi connectivity index (χ4n) is 1.30. The van der Waals surface area contributed by atoms with Gasteiger partial charge in [0.25, 0.3) is 0 Å². The molecule has 0 saturated carbocycles. The Hall–Kier alpha value is 0.0900. The minimum absolute atomic E-state index is 0.342. The average molecular weight is 340 g/mol. The number of thiophene rings is 1. The van der Waals surface area contributed by atoms with Gasteiger partial charge in [0.15, 0.2) is 0 Å². The van der Waals surface area contributed by atoms with Crippen LogP contribution in [0.2, 0.25) is 0 Å². The first-order chi connectivity index (χ1) is 7.99. The van der Waals surface area contributed by atoms with Crippen LogP contribution in [0.1, 0.15) is 25.1 Å². The molecule has 17 heavy (non-hydrogen) atoms. The third-order valence-electron chi connectivity index (χ3n) is 2.47. The summed E-state index contributed by atoms with van der Waals surface area (Å²) in [6, 6.07) is 3.56. The molecule has 0 bridgehead atoms. The van der Waals surface area contributed by atoms with Crippen LogP contribution >= 0.6 is 27.3 Å². The van der Waals surface area contributed by atoms with E-state index in [0.29, 0.717) is 16.7 Å². The van der Waals surface area contributed by atoms with Crippen molar-refractivity contribution in [2.24, 2.45) is 5.92 Å². The fraction of sp³-hybridized carbons (Fsp3) is 0.636. The molecule has 1 rings (SSSR count). The van der Waals surface area contributed by atoms with E-state index in [-0.39, 0.29) is 0 Å². The van der Waals surface area contributed by atoms with Gasteiger partial charge in [0.05, 0.1) is 0 Å². The quantitative estimate of drug-likeness (QED) is 0.776. The van der Waals surface area contributed by atoms with Crippen molar-refractivity contribution >= 4 is 37.3 Å². The summed E-state index contributed by atoms with van der Waals surface area (Å²) < 4.78 is 27.0. The minimum atomic E-state index is -3.31. The highest BCUT2D eigenvalue weighted by molar-refractivity contribution is 9.09. The zero-order chi connectivity index (χ0) is 12.9. The molecular weight excluding hydrogens is 322 g/mol. The van der Waals surface area contributed by atoms with Gasteiger partial charge in [-0.3, -0.25) is 0 Å². The Morgan fingerprint density at radius 3 is 2.71 bits per heavy atom. The van der Waals surface area contributed by atoms with Crippen LogP contribution in [0.25, 0.3) is 0 Å². The van der Waals surface area contributed by atoms with Gasteiger partial charge >= 0.3 is 0 Å². The van der Waals surface area contributed by atoms with Gasteiger partial charge in [0.2, 0.25) is 10.0 Å². The molecule has 3 nitrogen and oxygen atoms in total. The van der Waals surface area contributed by atoms with Gasteiger partial charge < -0.3 is 0 Å². The van der Waals surface area contributed by atoms with Crippen LogP contribution in [0.4, 0.5) is 0 Å². The summed E-state index contributed by atoms with van der Waals surface area (Å²) >= 11 is 4.70. The third kappa shape index (κ3) is 4.69. The largest absolute Gasteiger partial charge is 0.250 e. The second kappa shape index (κ2) is 6.87. The molecule has 1 aromatic heterocycles. The Labute approximate surface area is 116 Å². The summed E-state index contributed by atoms with van der Waals surface area (Å²) in [5, 5.41) is 0.898. The topological polar surface area (TPSA) is 46.2 Å². The smallest absolute Gasteiger partial charge is 0.210 e. The number of alkyl halides is 1. The molecule has 0 saturated heterocycles. The Kier molecular flexibility index (Phi) is 6.12. The van der Waals surface area contributed by atoms with E-state index in [1.54, 1.807) is 6.07 Å². The first kappa shape index (κ1) is 15.1. The van der Waals surface area contributed by atoms with Crippen LogP contribution in [0.3, 0.4) is 0 Å². The van der Waals surface area contributed by atoms with E-state index in [9.17, 15) is 8.42 Å². The second-order valence-corrected chi connectivity index (χ2v) is 7.96. The van der Waals surface area contributed by atoms with Gasteiger partial charge in [0, 0.05) is 16.8 Å². The fourth-order valence-corrected chi connectivity index (χ4v) is 4.59. The molecule has 0 amide bonds. The van der Waals surface area contributed by atoms with Gasteiger partial charge in [-0.25, -0.2) is 13.1 Å². The molecule has 0 spiro atoms. The van der Waals surface area contributed by atoms with Gasteiger partial charge in [0.1, 0.15) is 4.21 Å². The summed E-state index contributed by atoms with van der Waals surface area (Å²) in [4.78, 5) is 1.10. The molecule has 98 valence electrons.